The van der Waals surface area contributed by atoms with Crippen LogP contribution < -0.4 is 0 Å². The average Bonchev–Trinajstić information content (AvgIpc) is 2.78. The molecule has 3 nitrogen and oxygen atoms in total. The van der Waals surface area contributed by atoms with Gasteiger partial charge in [0.15, 0.2) is 5.78 Å². The molecule has 1 saturated heterocycles. The van der Waals surface area contributed by atoms with Crippen molar-refractivity contribution in [1.29, 1.82) is 0 Å². The molecular weight excluding hydrogens is 372 g/mol. The summed E-state index contributed by atoms with van der Waals surface area (Å²) in [7, 11) is 0. The molecule has 0 radical (unpaired) electrons. The second-order valence-electron chi connectivity index (χ2n) is 7.74. The van der Waals surface area contributed by atoms with Crippen molar-refractivity contribution in [3.05, 3.63) is 120 Å². The van der Waals surface area contributed by atoms with Gasteiger partial charge in [0, 0.05) is 12.3 Å². The van der Waals surface area contributed by atoms with Crippen LogP contribution in [0, 0.1) is 5.92 Å². The van der Waals surface area contributed by atoms with Gasteiger partial charge in [-0.3, -0.25) is 9.59 Å². The Morgan fingerprint density at radius 3 is 2.03 bits per heavy atom. The van der Waals surface area contributed by atoms with E-state index in [0.29, 0.717) is 6.42 Å². The number of allylic oxidation sites excluding steroid dienone is 1. The van der Waals surface area contributed by atoms with E-state index in [1.807, 2.05) is 91.0 Å². The van der Waals surface area contributed by atoms with Crippen LogP contribution in [-0.2, 0) is 26.3 Å². The van der Waals surface area contributed by atoms with E-state index >= 15 is 0 Å². The lowest BCUT2D eigenvalue weighted by Crippen LogP contribution is -2.48. The van der Waals surface area contributed by atoms with Gasteiger partial charge in [-0.2, -0.15) is 0 Å². The third-order valence-electron chi connectivity index (χ3n) is 5.79. The minimum absolute atomic E-state index is 0.111. The largest absolute Gasteiger partial charge is 0.453 e. The molecule has 1 heterocycles. The molecule has 0 aromatic heterocycles. The van der Waals surface area contributed by atoms with Gasteiger partial charge in [0.05, 0.1) is 6.42 Å². The minimum Gasteiger partial charge on any atom is -0.453 e. The zero-order chi connectivity index (χ0) is 21.0. The van der Waals surface area contributed by atoms with Crippen LogP contribution in [0.1, 0.15) is 29.0 Å². The minimum atomic E-state index is -1.00. The summed E-state index contributed by atoms with van der Waals surface area (Å²) < 4.78 is 6.14. The van der Waals surface area contributed by atoms with Gasteiger partial charge >= 0.3 is 5.97 Å². The number of ether oxygens (including phenoxy) is 1. The first-order valence-electron chi connectivity index (χ1n) is 10.2. The molecule has 0 bridgehead atoms. The van der Waals surface area contributed by atoms with E-state index in [1.165, 1.54) is 0 Å². The number of ketones is 1. The molecule has 0 spiro atoms. The number of benzene rings is 3. The van der Waals surface area contributed by atoms with Crippen LogP contribution in [0.5, 0.6) is 0 Å². The zero-order valence-electron chi connectivity index (χ0n) is 16.7. The highest BCUT2D eigenvalue weighted by Crippen LogP contribution is 2.42. The summed E-state index contributed by atoms with van der Waals surface area (Å²) in [5, 5.41) is 0. The molecule has 4 rings (SSSR count). The summed E-state index contributed by atoms with van der Waals surface area (Å²) in [5.74, 6) is -1.88. The number of cyclic esters (lactones) is 1. The fourth-order valence-electron chi connectivity index (χ4n) is 4.33. The maximum absolute atomic E-state index is 13.4. The van der Waals surface area contributed by atoms with Gasteiger partial charge in [0.25, 0.3) is 0 Å². The molecule has 0 aliphatic carbocycles. The van der Waals surface area contributed by atoms with Crippen molar-refractivity contribution in [1.82, 2.24) is 0 Å². The highest BCUT2D eigenvalue weighted by atomic mass is 16.6. The number of Topliss-reactive ketones (excluding diaryl/α,β-unsaturated/α-hetero) is 1. The molecule has 150 valence electrons. The van der Waals surface area contributed by atoms with E-state index in [2.05, 4.69) is 6.58 Å². The van der Waals surface area contributed by atoms with Crippen LogP contribution in [0.25, 0.3) is 0 Å². The van der Waals surface area contributed by atoms with E-state index in [9.17, 15) is 9.59 Å². The van der Waals surface area contributed by atoms with Crippen molar-refractivity contribution in [2.24, 2.45) is 5.92 Å². The van der Waals surface area contributed by atoms with E-state index in [-0.39, 0.29) is 12.2 Å². The van der Waals surface area contributed by atoms with Crippen molar-refractivity contribution in [2.45, 2.75) is 24.4 Å². The molecule has 3 aromatic carbocycles. The Balaban J connectivity index is 1.71. The third kappa shape index (κ3) is 3.84. The molecule has 3 heteroatoms. The van der Waals surface area contributed by atoms with Gasteiger partial charge in [0.1, 0.15) is 11.5 Å². The molecule has 30 heavy (non-hydrogen) atoms. The first-order valence-corrected chi connectivity index (χ1v) is 10.2. The smallest absolute Gasteiger partial charge is 0.318 e. The summed E-state index contributed by atoms with van der Waals surface area (Å²) in [6.07, 6.45) is 2.26. The first kappa shape index (κ1) is 19.8. The lowest BCUT2D eigenvalue weighted by Gasteiger charge is -2.40. The zero-order valence-corrected chi connectivity index (χ0v) is 16.7. The first-order chi connectivity index (χ1) is 14.6. The predicted octanol–water partition coefficient (Wildman–Crippen LogP) is 5.23. The topological polar surface area (TPSA) is 43.4 Å². The number of rotatable bonds is 6. The van der Waals surface area contributed by atoms with Crippen molar-refractivity contribution in [3.63, 3.8) is 0 Å². The second-order valence-corrected chi connectivity index (χ2v) is 7.74. The Morgan fingerprint density at radius 1 is 0.900 bits per heavy atom. The van der Waals surface area contributed by atoms with Gasteiger partial charge in [0.2, 0.25) is 0 Å². The summed E-state index contributed by atoms with van der Waals surface area (Å²) in [4.78, 5) is 26.7. The summed E-state index contributed by atoms with van der Waals surface area (Å²) in [5.41, 5.74) is 1.74. The fraction of sp³-hybridized carbons (Fsp3) is 0.185. The highest BCUT2D eigenvalue weighted by Gasteiger charge is 2.50. The Kier molecular flexibility index (Phi) is 5.62. The van der Waals surface area contributed by atoms with E-state index in [0.717, 1.165) is 16.7 Å². The highest BCUT2D eigenvalue weighted by molar-refractivity contribution is 6.03. The number of carbonyl (C=O) groups is 2. The molecular formula is C27H24O3. The van der Waals surface area contributed by atoms with Gasteiger partial charge in [-0.05, 0) is 16.7 Å². The van der Waals surface area contributed by atoms with Gasteiger partial charge in [-0.15, -0.1) is 6.58 Å². The van der Waals surface area contributed by atoms with Crippen LogP contribution in [0.3, 0.4) is 0 Å². The number of esters is 1. The summed E-state index contributed by atoms with van der Waals surface area (Å²) >= 11 is 0. The molecule has 1 fully saturated rings. The third-order valence-corrected chi connectivity index (χ3v) is 5.79. The molecule has 3 unspecified atom stereocenters. The van der Waals surface area contributed by atoms with Crippen LogP contribution in [-0.4, -0.2) is 11.8 Å². The van der Waals surface area contributed by atoms with E-state index in [4.69, 9.17) is 4.74 Å². The maximum Gasteiger partial charge on any atom is 0.318 e. The van der Waals surface area contributed by atoms with Crippen molar-refractivity contribution < 1.29 is 14.3 Å². The van der Waals surface area contributed by atoms with E-state index in [1.54, 1.807) is 6.08 Å². The monoisotopic (exact) mass is 396 g/mol. The van der Waals surface area contributed by atoms with Crippen molar-refractivity contribution >= 4 is 11.8 Å². The standard InChI is InChI=1S/C27H24O3/c1-2-23(21-14-8-4-9-15-21)25-24(28)19-27(30-26(25)29,22-16-10-5-11-17-22)18-20-12-6-3-7-13-20/h2-17,23,25H,1,18-19H2. The number of hydrogen-bond donors (Lipinski definition) is 0. The molecule has 3 atom stereocenters. The molecule has 0 saturated carbocycles. The summed E-state index contributed by atoms with van der Waals surface area (Å²) in [6, 6.07) is 28.9. The Bertz CT molecular complexity index is 1010. The molecule has 1 aliphatic heterocycles. The Labute approximate surface area is 177 Å². The lowest BCUT2D eigenvalue weighted by atomic mass is 9.74. The predicted molar refractivity (Wildman–Crippen MR) is 117 cm³/mol. The number of hydrogen-bond acceptors (Lipinski definition) is 3. The average molecular weight is 396 g/mol. The van der Waals surface area contributed by atoms with Gasteiger partial charge in [-0.1, -0.05) is 97.1 Å². The van der Waals surface area contributed by atoms with Gasteiger partial charge in [-0.25, -0.2) is 0 Å². The lowest BCUT2D eigenvalue weighted by molar-refractivity contribution is -0.179. The Hall–Kier alpha value is -3.46. The Morgan fingerprint density at radius 2 is 1.47 bits per heavy atom. The summed E-state index contributed by atoms with van der Waals surface area (Å²) in [6.45, 7) is 3.88. The normalized spacial score (nSPS) is 22.2. The fourth-order valence-corrected chi connectivity index (χ4v) is 4.33. The van der Waals surface area contributed by atoms with Crippen LogP contribution in [0.15, 0.2) is 104 Å². The number of carbonyl (C=O) groups excluding carboxylic acids is 2. The van der Waals surface area contributed by atoms with Crippen LogP contribution in [0.4, 0.5) is 0 Å². The molecule has 1 aliphatic rings. The van der Waals surface area contributed by atoms with Crippen LogP contribution in [0.2, 0.25) is 0 Å². The molecule has 0 N–H and O–H groups in total. The van der Waals surface area contributed by atoms with Crippen LogP contribution >= 0.6 is 0 Å². The SMILES string of the molecule is C=CC(c1ccccc1)C1C(=O)CC(Cc2ccccc2)(c2ccccc2)OC1=O. The maximum atomic E-state index is 13.4. The molecule has 0 amide bonds. The second kappa shape index (κ2) is 8.50. The quantitative estimate of drug-likeness (QED) is 0.326. The van der Waals surface area contributed by atoms with Crippen molar-refractivity contribution in [3.8, 4) is 0 Å². The van der Waals surface area contributed by atoms with E-state index < -0.39 is 23.4 Å². The van der Waals surface area contributed by atoms with Gasteiger partial charge < -0.3 is 4.74 Å². The van der Waals surface area contributed by atoms with Crippen molar-refractivity contribution in [2.75, 3.05) is 0 Å². The molecule has 3 aromatic rings.